The van der Waals surface area contributed by atoms with Crippen molar-refractivity contribution in [3.63, 3.8) is 0 Å². The lowest BCUT2D eigenvalue weighted by molar-refractivity contribution is -0.870. The average Bonchev–Trinajstić information content (AvgIpc) is 3.01. The Balaban J connectivity index is 4.54. The number of hydrogen-bond acceptors (Lipinski definition) is 6. The molecular weight excluding hydrogens is 611 g/mol. The molecule has 3 unspecified atom stereocenters. The minimum Gasteiger partial charge on any atom is -0.756 e. The molecule has 47 heavy (non-hydrogen) atoms. The van der Waals surface area contributed by atoms with Crippen molar-refractivity contribution in [3.05, 3.63) is 36.5 Å². The number of rotatable bonds is 33. The molecule has 0 aromatic heterocycles. The largest absolute Gasteiger partial charge is 0.756 e. The van der Waals surface area contributed by atoms with E-state index in [9.17, 15) is 19.4 Å². The van der Waals surface area contributed by atoms with E-state index in [0.717, 1.165) is 57.8 Å². The molecule has 1 amide bonds. The number of likely N-dealkylation sites (N-methyl/N-ethyl adjacent to an activating group) is 1. The molecule has 0 aliphatic heterocycles. The molecule has 8 nitrogen and oxygen atoms in total. The van der Waals surface area contributed by atoms with E-state index in [1.165, 1.54) is 70.6 Å². The minimum atomic E-state index is -4.58. The van der Waals surface area contributed by atoms with Crippen molar-refractivity contribution in [2.24, 2.45) is 0 Å². The highest BCUT2D eigenvalue weighted by Crippen LogP contribution is 2.38. The van der Waals surface area contributed by atoms with E-state index in [-0.39, 0.29) is 19.1 Å². The second-order valence-corrected chi connectivity index (χ2v) is 15.4. The van der Waals surface area contributed by atoms with Crippen LogP contribution in [0.2, 0.25) is 0 Å². The van der Waals surface area contributed by atoms with Crippen LogP contribution < -0.4 is 10.2 Å². The van der Waals surface area contributed by atoms with E-state index in [2.05, 4.69) is 43.5 Å². The number of phosphoric ester groups is 1. The molecule has 0 saturated carbocycles. The summed E-state index contributed by atoms with van der Waals surface area (Å²) in [5.74, 6) is -0.214. The van der Waals surface area contributed by atoms with Gasteiger partial charge in [-0.05, 0) is 44.9 Å². The maximum Gasteiger partial charge on any atom is 0.268 e. The average molecular weight is 685 g/mol. The first-order valence-electron chi connectivity index (χ1n) is 18.9. The minimum absolute atomic E-state index is 0.00436. The molecule has 0 aliphatic carbocycles. The summed E-state index contributed by atoms with van der Waals surface area (Å²) in [5.41, 5.74) is 0. The van der Waals surface area contributed by atoms with Crippen LogP contribution >= 0.6 is 7.82 Å². The molecule has 0 rings (SSSR count). The Morgan fingerprint density at radius 1 is 0.745 bits per heavy atom. The van der Waals surface area contributed by atoms with Crippen LogP contribution in [0.1, 0.15) is 149 Å². The van der Waals surface area contributed by atoms with E-state index in [1.807, 2.05) is 27.2 Å². The summed E-state index contributed by atoms with van der Waals surface area (Å²) >= 11 is 0. The maximum atomic E-state index is 12.7. The van der Waals surface area contributed by atoms with Crippen molar-refractivity contribution in [3.8, 4) is 0 Å². The number of phosphoric acid groups is 1. The SMILES string of the molecule is CCCCC/C=C\C=C/CCCCCCCCC(=O)NC(COP(=O)([O-])OCC[N+](C)(C)C)C(O)/C=C/CCCCCCCCCC. The lowest BCUT2D eigenvalue weighted by Gasteiger charge is -2.29. The third kappa shape index (κ3) is 33.0. The van der Waals surface area contributed by atoms with Crippen LogP contribution in [0.5, 0.6) is 0 Å². The zero-order chi connectivity index (χ0) is 35.1. The second-order valence-electron chi connectivity index (χ2n) is 14.0. The first-order valence-corrected chi connectivity index (χ1v) is 20.3. The van der Waals surface area contributed by atoms with Gasteiger partial charge in [-0.3, -0.25) is 9.36 Å². The van der Waals surface area contributed by atoms with Gasteiger partial charge in [-0.15, -0.1) is 0 Å². The fourth-order valence-corrected chi connectivity index (χ4v) is 5.75. The Kier molecular flexibility index (Phi) is 29.9. The van der Waals surface area contributed by atoms with Crippen molar-refractivity contribution in [2.75, 3.05) is 40.9 Å². The lowest BCUT2D eigenvalue weighted by atomic mass is 10.1. The molecule has 3 atom stereocenters. The van der Waals surface area contributed by atoms with Crippen molar-refractivity contribution in [2.45, 2.75) is 161 Å². The predicted octanol–water partition coefficient (Wildman–Crippen LogP) is 8.94. The summed E-state index contributed by atoms with van der Waals surface area (Å²) in [4.78, 5) is 25.1. The Bertz CT molecular complexity index is 871. The molecule has 2 N–H and O–H groups in total. The van der Waals surface area contributed by atoms with Crippen LogP contribution in [0, 0.1) is 0 Å². The van der Waals surface area contributed by atoms with Gasteiger partial charge in [-0.1, -0.05) is 134 Å². The van der Waals surface area contributed by atoms with Crippen LogP contribution in [-0.4, -0.2) is 68.5 Å². The standard InChI is InChI=1S/C38H73N2O6P/c1-6-8-10-12-14-16-18-19-20-21-22-24-26-28-30-32-38(42)39-36(35-46-47(43,44)45-34-33-40(3,4)5)37(41)31-29-27-25-23-17-15-13-11-9-7-2/h14,16,18-19,29,31,36-37,41H,6-13,15,17,20-28,30,32-35H2,1-5H3,(H-,39,42,43,44)/b16-14-,19-18-,31-29+. The van der Waals surface area contributed by atoms with Gasteiger partial charge in [-0.2, -0.15) is 0 Å². The van der Waals surface area contributed by atoms with Gasteiger partial charge in [0.25, 0.3) is 7.82 Å². The second kappa shape index (κ2) is 30.8. The van der Waals surface area contributed by atoms with E-state index >= 15 is 0 Å². The fourth-order valence-electron chi connectivity index (χ4n) is 5.02. The smallest absolute Gasteiger partial charge is 0.268 e. The number of amides is 1. The first kappa shape index (κ1) is 45.7. The Morgan fingerprint density at radius 2 is 1.21 bits per heavy atom. The number of carbonyl (C=O) groups is 1. The van der Waals surface area contributed by atoms with Crippen molar-refractivity contribution < 1.29 is 32.9 Å². The highest BCUT2D eigenvalue weighted by Gasteiger charge is 2.23. The predicted molar refractivity (Wildman–Crippen MR) is 196 cm³/mol. The summed E-state index contributed by atoms with van der Waals surface area (Å²) in [6.45, 7) is 4.55. The van der Waals surface area contributed by atoms with E-state index in [1.54, 1.807) is 6.08 Å². The molecular formula is C38H73N2O6P. The number of nitrogens with zero attached hydrogens (tertiary/aromatic N) is 1. The number of unbranched alkanes of at least 4 members (excludes halogenated alkanes) is 17. The number of aliphatic hydroxyl groups is 1. The normalized spacial score (nSPS) is 15.1. The molecule has 0 saturated heterocycles. The topological polar surface area (TPSA) is 108 Å². The van der Waals surface area contributed by atoms with Gasteiger partial charge in [0.2, 0.25) is 5.91 Å². The molecule has 0 aromatic carbocycles. The Morgan fingerprint density at radius 3 is 1.77 bits per heavy atom. The molecule has 0 fully saturated rings. The summed E-state index contributed by atoms with van der Waals surface area (Å²) in [7, 11) is 1.24. The third-order valence-electron chi connectivity index (χ3n) is 8.12. The molecule has 276 valence electrons. The third-order valence-corrected chi connectivity index (χ3v) is 9.09. The van der Waals surface area contributed by atoms with Crippen LogP contribution in [0.4, 0.5) is 0 Å². The van der Waals surface area contributed by atoms with Gasteiger partial charge < -0.3 is 28.8 Å². The highest BCUT2D eigenvalue weighted by molar-refractivity contribution is 7.45. The summed E-state index contributed by atoms with van der Waals surface area (Å²) in [6.07, 6.45) is 34.7. The van der Waals surface area contributed by atoms with Crippen LogP contribution in [-0.2, 0) is 18.4 Å². The van der Waals surface area contributed by atoms with E-state index < -0.39 is 20.0 Å². The summed E-state index contributed by atoms with van der Waals surface area (Å²) in [5, 5.41) is 13.6. The molecule has 0 radical (unpaired) electrons. The Labute approximate surface area is 289 Å². The zero-order valence-corrected chi connectivity index (χ0v) is 31.9. The first-order chi connectivity index (χ1) is 22.5. The van der Waals surface area contributed by atoms with Crippen molar-refractivity contribution in [1.29, 1.82) is 0 Å². The number of aliphatic hydroxyl groups excluding tert-OH is 1. The monoisotopic (exact) mass is 685 g/mol. The molecule has 0 aromatic rings. The molecule has 0 spiro atoms. The number of quaternary nitrogens is 1. The molecule has 0 bridgehead atoms. The lowest BCUT2D eigenvalue weighted by Crippen LogP contribution is -2.45. The Hall–Kier alpha value is -1.28. The fraction of sp³-hybridized carbons (Fsp3) is 0.816. The van der Waals surface area contributed by atoms with Gasteiger partial charge in [0.15, 0.2) is 0 Å². The quantitative estimate of drug-likeness (QED) is 0.0235. The molecule has 0 heterocycles. The van der Waals surface area contributed by atoms with Gasteiger partial charge in [0.1, 0.15) is 13.2 Å². The van der Waals surface area contributed by atoms with E-state index in [4.69, 9.17) is 9.05 Å². The summed E-state index contributed by atoms with van der Waals surface area (Å²) < 4.78 is 23.0. The van der Waals surface area contributed by atoms with Crippen LogP contribution in [0.15, 0.2) is 36.5 Å². The maximum absolute atomic E-state index is 12.7. The number of hydrogen-bond donors (Lipinski definition) is 2. The number of carbonyl (C=O) groups excluding carboxylic acids is 1. The van der Waals surface area contributed by atoms with Crippen molar-refractivity contribution in [1.82, 2.24) is 5.32 Å². The van der Waals surface area contributed by atoms with Gasteiger partial charge in [0.05, 0.1) is 39.9 Å². The molecule has 9 heteroatoms. The van der Waals surface area contributed by atoms with Gasteiger partial charge >= 0.3 is 0 Å². The van der Waals surface area contributed by atoms with E-state index in [0.29, 0.717) is 17.4 Å². The van der Waals surface area contributed by atoms with Gasteiger partial charge in [0, 0.05) is 6.42 Å². The zero-order valence-electron chi connectivity index (χ0n) is 31.0. The number of nitrogens with one attached hydrogen (secondary N) is 1. The number of allylic oxidation sites excluding steroid dienone is 5. The van der Waals surface area contributed by atoms with Crippen LogP contribution in [0.25, 0.3) is 0 Å². The van der Waals surface area contributed by atoms with Gasteiger partial charge in [-0.25, -0.2) is 0 Å². The van der Waals surface area contributed by atoms with Crippen LogP contribution in [0.3, 0.4) is 0 Å². The highest BCUT2D eigenvalue weighted by atomic mass is 31.2. The molecule has 0 aliphatic rings. The van der Waals surface area contributed by atoms with Crippen molar-refractivity contribution >= 4 is 13.7 Å². The summed E-state index contributed by atoms with van der Waals surface area (Å²) in [6, 6.07) is -0.888.